The third-order valence-electron chi connectivity index (χ3n) is 6.52. The van der Waals surface area contributed by atoms with Crippen LogP contribution in [-0.4, -0.2) is 46.3 Å². The Hall–Kier alpha value is -3.16. The Bertz CT molecular complexity index is 1030. The maximum Gasteiger partial charge on any atom is 0.358 e. The number of amides is 2. The summed E-state index contributed by atoms with van der Waals surface area (Å²) in [6.45, 7) is 8.18. The quantitative estimate of drug-likeness (QED) is 0.529. The van der Waals surface area contributed by atoms with Crippen molar-refractivity contribution in [1.29, 1.82) is 0 Å². The van der Waals surface area contributed by atoms with Crippen LogP contribution in [0.25, 0.3) is 0 Å². The lowest BCUT2D eigenvalue weighted by Gasteiger charge is -2.43. The number of fused-ring (bicyclic) bond motifs is 1. The molecule has 2 amide bonds. The van der Waals surface area contributed by atoms with E-state index in [1.54, 1.807) is 11.8 Å². The summed E-state index contributed by atoms with van der Waals surface area (Å²) in [5, 5.41) is 7.50. The number of aryl methyl sites for hydroxylation is 1. The number of rotatable bonds is 10. The number of carbonyl (C=O) groups is 3. The highest BCUT2D eigenvalue weighted by molar-refractivity contribution is 6.12. The first kappa shape index (κ1) is 25.5. The number of hydrogen-bond acceptors (Lipinski definition) is 5. The summed E-state index contributed by atoms with van der Waals surface area (Å²) in [5.41, 5.74) is 0.840. The summed E-state index contributed by atoms with van der Waals surface area (Å²) >= 11 is 0. The summed E-state index contributed by atoms with van der Waals surface area (Å²) in [6.07, 6.45) is 5.67. The molecule has 1 aliphatic rings. The number of esters is 1. The number of nitrogens with one attached hydrogen (secondary N) is 1. The van der Waals surface area contributed by atoms with Gasteiger partial charge in [0.15, 0.2) is 5.69 Å². The highest BCUT2D eigenvalue weighted by Gasteiger charge is 2.49. The summed E-state index contributed by atoms with van der Waals surface area (Å²) in [6, 6.07) is 9.15. The summed E-state index contributed by atoms with van der Waals surface area (Å²) in [4.78, 5) is 41.1. The molecule has 0 saturated carbocycles. The highest BCUT2D eigenvalue weighted by Crippen LogP contribution is 2.33. The lowest BCUT2D eigenvalue weighted by atomic mass is 9.92. The van der Waals surface area contributed by atoms with E-state index >= 15 is 0 Å². The van der Waals surface area contributed by atoms with Crippen molar-refractivity contribution in [1.82, 2.24) is 15.1 Å². The number of ether oxygens (including phenoxy) is 1. The van der Waals surface area contributed by atoms with E-state index in [9.17, 15) is 14.4 Å². The van der Waals surface area contributed by atoms with E-state index in [0.717, 1.165) is 44.1 Å². The molecule has 0 bridgehead atoms. The van der Waals surface area contributed by atoms with Crippen LogP contribution in [0, 0.1) is 0 Å². The van der Waals surface area contributed by atoms with E-state index < -0.39 is 11.5 Å². The molecule has 0 aliphatic carbocycles. The Kier molecular flexibility index (Phi) is 8.12. The van der Waals surface area contributed by atoms with Gasteiger partial charge in [-0.1, -0.05) is 52.2 Å². The van der Waals surface area contributed by atoms with Gasteiger partial charge in [-0.25, -0.2) is 4.79 Å². The fourth-order valence-electron chi connectivity index (χ4n) is 4.50. The molecule has 8 heteroatoms. The number of nitrogens with zero attached hydrogens (tertiary/aromatic N) is 3. The van der Waals surface area contributed by atoms with Crippen LogP contribution in [0.1, 0.15) is 86.3 Å². The van der Waals surface area contributed by atoms with E-state index in [4.69, 9.17) is 4.74 Å². The van der Waals surface area contributed by atoms with Crippen molar-refractivity contribution in [2.75, 3.05) is 12.0 Å². The first-order valence-corrected chi connectivity index (χ1v) is 12.2. The average molecular weight is 469 g/mol. The smallest absolute Gasteiger partial charge is 0.358 e. The summed E-state index contributed by atoms with van der Waals surface area (Å²) in [7, 11) is 1.27. The van der Waals surface area contributed by atoms with Crippen molar-refractivity contribution in [2.24, 2.45) is 0 Å². The molecule has 0 saturated heterocycles. The lowest BCUT2D eigenvalue weighted by Crippen LogP contribution is -2.65. The Morgan fingerprint density at radius 1 is 1.15 bits per heavy atom. The van der Waals surface area contributed by atoms with E-state index in [0.29, 0.717) is 5.69 Å². The van der Waals surface area contributed by atoms with Crippen LogP contribution in [0.3, 0.4) is 0 Å². The van der Waals surface area contributed by atoms with Gasteiger partial charge in [-0.15, -0.1) is 0 Å². The zero-order chi connectivity index (χ0) is 24.9. The number of unbranched alkanes of at least 4 members (excludes halogenated alkanes) is 1. The number of aromatic nitrogens is 2. The van der Waals surface area contributed by atoms with Crippen LogP contribution >= 0.6 is 0 Å². The standard InChI is InChI=1S/C26H36N4O4/c1-6-9-11-19(10-7-2)27-25(33)26(4)17-29-22(16-21(28-29)24(32)34-5)23(31)30(26)20-14-12-18(8-3)13-15-20/h12-16,19H,6-11,17H2,1-5H3,(H,27,33). The predicted molar refractivity (Wildman–Crippen MR) is 131 cm³/mol. The molecule has 2 atom stereocenters. The second-order valence-electron chi connectivity index (χ2n) is 9.10. The molecule has 1 aromatic carbocycles. The normalized spacial score (nSPS) is 18.4. The Balaban J connectivity index is 2.04. The average Bonchev–Trinajstić information content (AvgIpc) is 3.26. The van der Waals surface area contributed by atoms with Gasteiger partial charge in [0.2, 0.25) is 5.91 Å². The minimum absolute atomic E-state index is 0.0401. The number of anilines is 1. The highest BCUT2D eigenvalue weighted by atomic mass is 16.5. The van der Waals surface area contributed by atoms with Crippen molar-refractivity contribution >= 4 is 23.5 Å². The maximum absolute atomic E-state index is 13.8. The predicted octanol–water partition coefficient (Wildman–Crippen LogP) is 4.13. The van der Waals surface area contributed by atoms with E-state index in [1.807, 2.05) is 24.3 Å². The molecular weight excluding hydrogens is 432 g/mol. The molecule has 34 heavy (non-hydrogen) atoms. The Morgan fingerprint density at radius 2 is 1.85 bits per heavy atom. The first-order chi connectivity index (χ1) is 16.3. The SMILES string of the molecule is CCCCC(CCC)NC(=O)C1(C)Cn2nc(C(=O)OC)cc2C(=O)N1c1ccc(CC)cc1. The maximum atomic E-state index is 13.8. The van der Waals surface area contributed by atoms with Gasteiger partial charge in [-0.05, 0) is 43.9 Å². The Morgan fingerprint density at radius 3 is 2.44 bits per heavy atom. The number of carbonyl (C=O) groups excluding carboxylic acids is 3. The fraction of sp³-hybridized carbons (Fsp3) is 0.538. The van der Waals surface area contributed by atoms with Gasteiger partial charge in [-0.2, -0.15) is 5.10 Å². The van der Waals surface area contributed by atoms with Gasteiger partial charge in [0, 0.05) is 17.8 Å². The monoisotopic (exact) mass is 468 g/mol. The topological polar surface area (TPSA) is 93.5 Å². The molecule has 3 rings (SSSR count). The lowest BCUT2D eigenvalue weighted by molar-refractivity contribution is -0.127. The summed E-state index contributed by atoms with van der Waals surface area (Å²) in [5.74, 6) is -1.23. The van der Waals surface area contributed by atoms with Crippen molar-refractivity contribution in [3.63, 3.8) is 0 Å². The van der Waals surface area contributed by atoms with E-state index in [1.165, 1.54) is 17.9 Å². The molecule has 2 heterocycles. The van der Waals surface area contributed by atoms with Crippen LogP contribution < -0.4 is 10.2 Å². The van der Waals surface area contributed by atoms with E-state index in [-0.39, 0.29) is 35.8 Å². The van der Waals surface area contributed by atoms with Gasteiger partial charge in [0.05, 0.1) is 13.7 Å². The molecule has 1 N–H and O–H groups in total. The van der Waals surface area contributed by atoms with Crippen LogP contribution in [0.2, 0.25) is 0 Å². The first-order valence-electron chi connectivity index (χ1n) is 12.2. The molecule has 184 valence electrons. The van der Waals surface area contributed by atoms with E-state index in [2.05, 4.69) is 31.2 Å². The minimum atomic E-state index is -1.23. The Labute approximate surface area is 201 Å². The van der Waals surface area contributed by atoms with Crippen molar-refractivity contribution in [3.05, 3.63) is 47.3 Å². The van der Waals surface area contributed by atoms with Crippen molar-refractivity contribution in [2.45, 2.75) is 84.3 Å². The zero-order valence-electron chi connectivity index (χ0n) is 20.9. The number of benzene rings is 1. The minimum Gasteiger partial charge on any atom is -0.464 e. The molecule has 0 radical (unpaired) electrons. The van der Waals surface area contributed by atoms with Gasteiger partial charge >= 0.3 is 5.97 Å². The molecule has 2 unspecified atom stereocenters. The van der Waals surface area contributed by atoms with Crippen LogP contribution in [0.5, 0.6) is 0 Å². The number of methoxy groups -OCH3 is 1. The summed E-state index contributed by atoms with van der Waals surface area (Å²) < 4.78 is 6.23. The van der Waals surface area contributed by atoms with Crippen molar-refractivity contribution in [3.8, 4) is 0 Å². The molecule has 8 nitrogen and oxygen atoms in total. The zero-order valence-corrected chi connectivity index (χ0v) is 20.9. The molecular formula is C26H36N4O4. The van der Waals surface area contributed by atoms with Gasteiger partial charge in [0.1, 0.15) is 11.2 Å². The largest absolute Gasteiger partial charge is 0.464 e. The third-order valence-corrected chi connectivity index (χ3v) is 6.52. The van der Waals surface area contributed by atoms with Gasteiger partial charge in [-0.3, -0.25) is 19.2 Å². The van der Waals surface area contributed by atoms with Crippen molar-refractivity contribution < 1.29 is 19.1 Å². The second-order valence-corrected chi connectivity index (χ2v) is 9.10. The molecule has 1 aromatic heterocycles. The van der Waals surface area contributed by atoms with Crippen LogP contribution in [-0.2, 0) is 22.5 Å². The third kappa shape index (κ3) is 5.00. The molecule has 0 spiro atoms. The van der Waals surface area contributed by atoms with Gasteiger partial charge < -0.3 is 10.1 Å². The molecule has 2 aromatic rings. The van der Waals surface area contributed by atoms with Crippen LogP contribution in [0.4, 0.5) is 5.69 Å². The number of hydrogen-bond donors (Lipinski definition) is 1. The van der Waals surface area contributed by atoms with Gasteiger partial charge in [0.25, 0.3) is 5.91 Å². The fourth-order valence-corrected chi connectivity index (χ4v) is 4.50. The molecule has 1 aliphatic heterocycles. The molecule has 0 fully saturated rings. The second kappa shape index (κ2) is 10.8. The van der Waals surface area contributed by atoms with Crippen LogP contribution in [0.15, 0.2) is 30.3 Å².